The van der Waals surface area contributed by atoms with E-state index in [4.69, 9.17) is 0 Å². The second kappa shape index (κ2) is 11.9. The van der Waals surface area contributed by atoms with Crippen molar-refractivity contribution in [3.8, 4) is 39.1 Å². The van der Waals surface area contributed by atoms with E-state index in [0.717, 1.165) is 17.1 Å². The minimum absolute atomic E-state index is 0.102. The smallest absolute Gasteiger partial charge is 0.0543 e. The molecule has 0 amide bonds. The van der Waals surface area contributed by atoms with Crippen molar-refractivity contribution >= 4 is 38.9 Å². The van der Waals surface area contributed by atoms with Gasteiger partial charge in [0.15, 0.2) is 0 Å². The summed E-state index contributed by atoms with van der Waals surface area (Å²) in [7, 11) is 0. The first-order valence-corrected chi connectivity index (χ1v) is 19.8. The molecule has 0 bridgehead atoms. The van der Waals surface area contributed by atoms with Crippen LogP contribution in [-0.4, -0.2) is 4.57 Å². The van der Waals surface area contributed by atoms with Crippen molar-refractivity contribution in [3.63, 3.8) is 0 Å². The Morgan fingerprint density at radius 3 is 1.57 bits per heavy atom. The number of nitrogens with zero attached hydrogens (tertiary/aromatic N) is 2. The molecule has 2 heteroatoms. The molecule has 0 radical (unpaired) electrons. The first-order chi connectivity index (χ1) is 27.3. The van der Waals surface area contributed by atoms with Crippen molar-refractivity contribution in [2.45, 2.75) is 38.5 Å². The van der Waals surface area contributed by atoms with Crippen LogP contribution in [0, 0.1) is 0 Å². The number of fused-ring (bicyclic) bond motifs is 9. The third-order valence-electron chi connectivity index (χ3n) is 12.8. The maximum atomic E-state index is 2.48. The summed E-state index contributed by atoms with van der Waals surface area (Å²) < 4.78 is 2.48. The standard InChI is InChI=1S/C54H42N2/c1-53(2)45-20-11-8-17-40(45)41-31-29-38(33-47(41)53)55(37-27-25-36(26-28-37)35-15-6-5-7-16-35)39-30-32-44-48(34-39)54(3,4)46-21-14-24-51(52(44)46)56-49-22-12-9-18-42(49)43-19-10-13-23-50(43)56/h5-34H,1-4H3. The van der Waals surface area contributed by atoms with Crippen LogP contribution in [0.2, 0.25) is 0 Å². The lowest BCUT2D eigenvalue weighted by Gasteiger charge is -2.30. The van der Waals surface area contributed by atoms with Gasteiger partial charge < -0.3 is 9.47 Å². The van der Waals surface area contributed by atoms with Crippen molar-refractivity contribution in [2.75, 3.05) is 4.90 Å². The average molecular weight is 719 g/mol. The van der Waals surface area contributed by atoms with Crippen LogP contribution < -0.4 is 4.90 Å². The number of hydrogen-bond acceptors (Lipinski definition) is 1. The molecule has 0 aliphatic heterocycles. The van der Waals surface area contributed by atoms with E-state index >= 15 is 0 Å². The summed E-state index contributed by atoms with van der Waals surface area (Å²) in [6, 6.07) is 67.4. The predicted octanol–water partition coefficient (Wildman–Crippen LogP) is 14.5. The summed E-state index contributed by atoms with van der Waals surface area (Å²) in [4.78, 5) is 2.46. The Morgan fingerprint density at radius 1 is 0.375 bits per heavy atom. The molecular weight excluding hydrogens is 677 g/mol. The first-order valence-electron chi connectivity index (χ1n) is 19.8. The summed E-state index contributed by atoms with van der Waals surface area (Å²) >= 11 is 0. The molecular formula is C54H42N2. The highest BCUT2D eigenvalue weighted by Crippen LogP contribution is 2.55. The van der Waals surface area contributed by atoms with Gasteiger partial charge in [0.25, 0.3) is 0 Å². The molecule has 0 fully saturated rings. The molecule has 56 heavy (non-hydrogen) atoms. The van der Waals surface area contributed by atoms with Gasteiger partial charge in [-0.25, -0.2) is 0 Å². The predicted molar refractivity (Wildman–Crippen MR) is 236 cm³/mol. The Hall–Kier alpha value is -6.64. The highest BCUT2D eigenvalue weighted by molar-refractivity contribution is 6.10. The monoisotopic (exact) mass is 718 g/mol. The fourth-order valence-corrected chi connectivity index (χ4v) is 9.98. The summed E-state index contributed by atoms with van der Waals surface area (Å²) in [5.74, 6) is 0. The van der Waals surface area contributed by atoms with Gasteiger partial charge in [-0.2, -0.15) is 0 Å². The summed E-state index contributed by atoms with van der Waals surface area (Å²) in [5.41, 5.74) is 20.0. The summed E-state index contributed by atoms with van der Waals surface area (Å²) in [5, 5.41) is 2.56. The number of anilines is 3. The zero-order valence-corrected chi connectivity index (χ0v) is 32.2. The molecule has 0 saturated carbocycles. The Morgan fingerprint density at radius 2 is 0.875 bits per heavy atom. The van der Waals surface area contributed by atoms with E-state index in [2.05, 4.69) is 219 Å². The second-order valence-corrected chi connectivity index (χ2v) is 16.6. The molecule has 9 aromatic rings. The zero-order valence-electron chi connectivity index (χ0n) is 32.2. The highest BCUT2D eigenvalue weighted by atomic mass is 15.1. The maximum Gasteiger partial charge on any atom is 0.0543 e. The van der Waals surface area contributed by atoms with E-state index in [1.54, 1.807) is 0 Å². The van der Waals surface area contributed by atoms with Crippen molar-refractivity contribution < 1.29 is 0 Å². The van der Waals surface area contributed by atoms with Crippen LogP contribution in [0.4, 0.5) is 17.1 Å². The van der Waals surface area contributed by atoms with Gasteiger partial charge in [-0.05, 0) is 105 Å². The van der Waals surface area contributed by atoms with Gasteiger partial charge in [-0.3, -0.25) is 0 Å². The molecule has 8 aromatic carbocycles. The minimum Gasteiger partial charge on any atom is -0.310 e. The van der Waals surface area contributed by atoms with Gasteiger partial charge in [0.05, 0.1) is 16.7 Å². The van der Waals surface area contributed by atoms with E-state index in [0.29, 0.717) is 0 Å². The van der Waals surface area contributed by atoms with Crippen LogP contribution in [-0.2, 0) is 10.8 Å². The van der Waals surface area contributed by atoms with Crippen LogP contribution in [0.15, 0.2) is 182 Å². The maximum absolute atomic E-state index is 2.48. The van der Waals surface area contributed by atoms with Crippen molar-refractivity contribution in [2.24, 2.45) is 0 Å². The molecule has 0 spiro atoms. The largest absolute Gasteiger partial charge is 0.310 e. The fourth-order valence-electron chi connectivity index (χ4n) is 9.98. The lowest BCUT2D eigenvalue weighted by atomic mass is 9.82. The lowest BCUT2D eigenvalue weighted by molar-refractivity contribution is 0.660. The first kappa shape index (κ1) is 32.8. The molecule has 0 N–H and O–H groups in total. The summed E-state index contributed by atoms with van der Waals surface area (Å²) in [6.07, 6.45) is 0. The lowest BCUT2D eigenvalue weighted by Crippen LogP contribution is -2.18. The van der Waals surface area contributed by atoms with E-state index < -0.39 is 0 Å². The van der Waals surface area contributed by atoms with Crippen LogP contribution in [0.1, 0.15) is 49.9 Å². The van der Waals surface area contributed by atoms with E-state index in [9.17, 15) is 0 Å². The molecule has 0 saturated heterocycles. The SMILES string of the molecule is CC1(C)c2ccccc2-c2ccc(N(c3ccc(-c4ccccc4)cc3)c3ccc4c(c3)C(C)(C)c3cccc(-n5c6ccccc6c6ccccc65)c3-4)cc21. The van der Waals surface area contributed by atoms with Crippen LogP contribution in [0.25, 0.3) is 60.9 Å². The van der Waals surface area contributed by atoms with Crippen LogP contribution >= 0.6 is 0 Å². The van der Waals surface area contributed by atoms with E-state index in [-0.39, 0.29) is 10.8 Å². The third-order valence-corrected chi connectivity index (χ3v) is 12.8. The molecule has 2 aliphatic carbocycles. The topological polar surface area (TPSA) is 8.17 Å². The van der Waals surface area contributed by atoms with Gasteiger partial charge in [0, 0.05) is 44.2 Å². The summed E-state index contributed by atoms with van der Waals surface area (Å²) in [6.45, 7) is 9.52. The van der Waals surface area contributed by atoms with Gasteiger partial charge >= 0.3 is 0 Å². The molecule has 2 aliphatic rings. The van der Waals surface area contributed by atoms with Crippen LogP contribution in [0.5, 0.6) is 0 Å². The van der Waals surface area contributed by atoms with Crippen molar-refractivity contribution in [3.05, 3.63) is 204 Å². The molecule has 1 heterocycles. The molecule has 0 atom stereocenters. The molecule has 1 aromatic heterocycles. The number of para-hydroxylation sites is 2. The van der Waals surface area contributed by atoms with E-state index in [1.165, 1.54) is 83.1 Å². The fraction of sp³-hybridized carbons (Fsp3) is 0.111. The molecule has 11 rings (SSSR count). The van der Waals surface area contributed by atoms with Gasteiger partial charge in [-0.15, -0.1) is 0 Å². The second-order valence-electron chi connectivity index (χ2n) is 16.6. The Balaban J connectivity index is 1.10. The molecule has 0 unspecified atom stereocenters. The normalized spacial score (nSPS) is 14.4. The Kier molecular flexibility index (Phi) is 6.98. The Labute approximate surface area is 328 Å². The number of aromatic nitrogens is 1. The molecule has 268 valence electrons. The van der Waals surface area contributed by atoms with Gasteiger partial charge in [-0.1, -0.05) is 155 Å². The highest BCUT2D eigenvalue weighted by Gasteiger charge is 2.39. The number of benzene rings is 8. The van der Waals surface area contributed by atoms with Gasteiger partial charge in [0.1, 0.15) is 0 Å². The number of hydrogen-bond donors (Lipinski definition) is 0. The minimum atomic E-state index is -0.208. The quantitative estimate of drug-likeness (QED) is 0.172. The van der Waals surface area contributed by atoms with Gasteiger partial charge in [0.2, 0.25) is 0 Å². The van der Waals surface area contributed by atoms with Crippen LogP contribution in [0.3, 0.4) is 0 Å². The Bertz CT molecular complexity index is 2960. The third kappa shape index (κ3) is 4.62. The van der Waals surface area contributed by atoms with E-state index in [1.807, 2.05) is 0 Å². The van der Waals surface area contributed by atoms with Crippen molar-refractivity contribution in [1.29, 1.82) is 0 Å². The average Bonchev–Trinajstić information content (AvgIpc) is 3.78. The zero-order chi connectivity index (χ0) is 37.8. The number of rotatable bonds is 5. The van der Waals surface area contributed by atoms with Crippen molar-refractivity contribution in [1.82, 2.24) is 4.57 Å². The molecule has 2 nitrogen and oxygen atoms in total.